The summed E-state index contributed by atoms with van der Waals surface area (Å²) in [4.78, 5) is 17.7. The Balaban J connectivity index is 1.25. The molecular formula is C22H32N2O2. The normalized spacial score (nSPS) is 23.3. The molecule has 1 amide bonds. The van der Waals surface area contributed by atoms with Crippen molar-refractivity contribution in [2.75, 3.05) is 39.3 Å². The van der Waals surface area contributed by atoms with E-state index in [1.54, 1.807) is 0 Å². The van der Waals surface area contributed by atoms with E-state index in [0.717, 1.165) is 39.1 Å². The van der Waals surface area contributed by atoms with E-state index in [-0.39, 0.29) is 5.92 Å². The van der Waals surface area contributed by atoms with Crippen LogP contribution < -0.4 is 0 Å². The van der Waals surface area contributed by atoms with Gasteiger partial charge in [0, 0.05) is 19.6 Å². The number of nitrogens with zero attached hydrogens (tertiary/aromatic N) is 2. The molecule has 1 saturated carbocycles. The number of carbonyl (C=O) groups excluding carboxylic acids is 1. The number of ether oxygens (including phenoxy) is 1. The van der Waals surface area contributed by atoms with E-state index in [2.05, 4.69) is 34.1 Å². The van der Waals surface area contributed by atoms with Crippen LogP contribution in [0.4, 0.5) is 0 Å². The lowest BCUT2D eigenvalue weighted by Gasteiger charge is -2.34. The third-order valence-corrected chi connectivity index (χ3v) is 6.23. The van der Waals surface area contributed by atoms with Crippen molar-refractivity contribution in [1.82, 2.24) is 9.80 Å². The molecule has 4 rings (SSSR count). The first-order chi connectivity index (χ1) is 12.8. The minimum Gasteiger partial charge on any atom is -0.377 e. The van der Waals surface area contributed by atoms with Crippen molar-refractivity contribution in [3.8, 4) is 0 Å². The number of piperidine rings is 1. The van der Waals surface area contributed by atoms with E-state index in [1.807, 2.05) is 6.07 Å². The van der Waals surface area contributed by atoms with Crippen LogP contribution in [0.15, 0.2) is 30.3 Å². The first-order valence-corrected chi connectivity index (χ1v) is 10.5. The van der Waals surface area contributed by atoms with Crippen molar-refractivity contribution in [2.24, 2.45) is 5.92 Å². The van der Waals surface area contributed by atoms with E-state index in [1.165, 1.54) is 44.3 Å². The second kappa shape index (κ2) is 8.53. The highest BCUT2D eigenvalue weighted by Gasteiger charge is 2.40. The highest BCUT2D eigenvalue weighted by molar-refractivity contribution is 5.84. The first kappa shape index (κ1) is 18.0. The summed E-state index contributed by atoms with van der Waals surface area (Å²) in [6, 6.07) is 10.4. The molecule has 0 spiro atoms. The molecule has 1 atom stereocenters. The zero-order chi connectivity index (χ0) is 17.8. The Morgan fingerprint density at radius 2 is 1.69 bits per heavy atom. The SMILES string of the molecule is O=C(C(c1ccccc1)C1CC1)N1CCC(OCCN2CCCC2)CC1. The number of carbonyl (C=O) groups is 1. The predicted octanol–water partition coefficient (Wildman–Crippen LogP) is 3.28. The summed E-state index contributed by atoms with van der Waals surface area (Å²) in [5.74, 6) is 0.970. The molecule has 1 aromatic rings. The van der Waals surface area contributed by atoms with Crippen LogP contribution in [0.2, 0.25) is 0 Å². The molecule has 2 heterocycles. The summed E-state index contributed by atoms with van der Waals surface area (Å²) in [5.41, 5.74) is 1.20. The van der Waals surface area contributed by atoms with Gasteiger partial charge in [0.15, 0.2) is 0 Å². The fourth-order valence-electron chi connectivity index (χ4n) is 4.50. The van der Waals surface area contributed by atoms with Crippen LogP contribution >= 0.6 is 0 Å². The largest absolute Gasteiger partial charge is 0.377 e. The molecule has 2 saturated heterocycles. The molecule has 0 N–H and O–H groups in total. The molecule has 142 valence electrons. The van der Waals surface area contributed by atoms with Crippen molar-refractivity contribution >= 4 is 5.91 Å². The van der Waals surface area contributed by atoms with Gasteiger partial charge in [-0.1, -0.05) is 30.3 Å². The van der Waals surface area contributed by atoms with Crippen molar-refractivity contribution in [1.29, 1.82) is 0 Å². The fraction of sp³-hybridized carbons (Fsp3) is 0.682. The van der Waals surface area contributed by atoms with E-state index < -0.39 is 0 Å². The Morgan fingerprint density at radius 1 is 1.00 bits per heavy atom. The average Bonchev–Trinajstić information content (AvgIpc) is 3.37. The van der Waals surface area contributed by atoms with Gasteiger partial charge in [-0.05, 0) is 63.1 Å². The van der Waals surface area contributed by atoms with E-state index >= 15 is 0 Å². The molecule has 4 nitrogen and oxygen atoms in total. The Kier molecular flexibility index (Phi) is 5.91. The molecule has 3 aliphatic rings. The average molecular weight is 357 g/mol. The predicted molar refractivity (Wildman–Crippen MR) is 103 cm³/mol. The van der Waals surface area contributed by atoms with Crippen LogP contribution in [0.25, 0.3) is 0 Å². The molecule has 0 bridgehead atoms. The second-order valence-corrected chi connectivity index (χ2v) is 8.17. The van der Waals surface area contributed by atoms with Gasteiger partial charge in [-0.3, -0.25) is 4.79 Å². The molecule has 4 heteroatoms. The number of hydrogen-bond acceptors (Lipinski definition) is 3. The zero-order valence-corrected chi connectivity index (χ0v) is 15.8. The highest BCUT2D eigenvalue weighted by atomic mass is 16.5. The topological polar surface area (TPSA) is 32.8 Å². The number of likely N-dealkylation sites (tertiary alicyclic amines) is 2. The lowest BCUT2D eigenvalue weighted by Crippen LogP contribution is -2.43. The zero-order valence-electron chi connectivity index (χ0n) is 15.8. The number of amides is 1. The smallest absolute Gasteiger partial charge is 0.230 e. The van der Waals surface area contributed by atoms with Gasteiger partial charge in [0.05, 0.1) is 18.6 Å². The Labute approximate surface area is 157 Å². The number of rotatable bonds is 7. The minimum atomic E-state index is 0.0730. The molecule has 0 radical (unpaired) electrons. The van der Waals surface area contributed by atoms with Crippen molar-refractivity contribution in [3.05, 3.63) is 35.9 Å². The van der Waals surface area contributed by atoms with Gasteiger partial charge in [-0.2, -0.15) is 0 Å². The second-order valence-electron chi connectivity index (χ2n) is 8.17. The van der Waals surface area contributed by atoms with Crippen LogP contribution in [0, 0.1) is 5.92 Å². The van der Waals surface area contributed by atoms with Gasteiger partial charge >= 0.3 is 0 Å². The van der Waals surface area contributed by atoms with E-state index in [4.69, 9.17) is 4.74 Å². The minimum absolute atomic E-state index is 0.0730. The third kappa shape index (κ3) is 4.47. The molecule has 1 aliphatic carbocycles. The summed E-state index contributed by atoms with van der Waals surface area (Å²) < 4.78 is 6.10. The molecular weight excluding hydrogens is 324 g/mol. The maximum Gasteiger partial charge on any atom is 0.230 e. The van der Waals surface area contributed by atoms with Crippen molar-refractivity contribution in [2.45, 2.75) is 50.5 Å². The van der Waals surface area contributed by atoms with Gasteiger partial charge < -0.3 is 14.5 Å². The van der Waals surface area contributed by atoms with Crippen LogP contribution in [0.3, 0.4) is 0 Å². The molecule has 3 fully saturated rings. The number of hydrogen-bond donors (Lipinski definition) is 0. The molecule has 1 aromatic carbocycles. The molecule has 26 heavy (non-hydrogen) atoms. The third-order valence-electron chi connectivity index (χ3n) is 6.23. The van der Waals surface area contributed by atoms with Crippen LogP contribution in [-0.2, 0) is 9.53 Å². The molecule has 1 unspecified atom stereocenters. The van der Waals surface area contributed by atoms with Crippen molar-refractivity contribution in [3.63, 3.8) is 0 Å². The lowest BCUT2D eigenvalue weighted by atomic mass is 9.92. The van der Waals surface area contributed by atoms with Gasteiger partial charge in [0.1, 0.15) is 0 Å². The van der Waals surface area contributed by atoms with Gasteiger partial charge in [-0.25, -0.2) is 0 Å². The quantitative estimate of drug-likeness (QED) is 0.752. The summed E-state index contributed by atoms with van der Waals surface area (Å²) >= 11 is 0. The Hall–Kier alpha value is -1.39. The van der Waals surface area contributed by atoms with Gasteiger partial charge in [-0.15, -0.1) is 0 Å². The molecule has 0 aromatic heterocycles. The summed E-state index contributed by atoms with van der Waals surface area (Å²) in [7, 11) is 0. The maximum atomic E-state index is 13.2. The summed E-state index contributed by atoms with van der Waals surface area (Å²) in [6.45, 7) is 6.08. The summed E-state index contributed by atoms with van der Waals surface area (Å²) in [5, 5.41) is 0. The molecule has 2 aliphatic heterocycles. The highest BCUT2D eigenvalue weighted by Crippen LogP contribution is 2.43. The first-order valence-electron chi connectivity index (χ1n) is 10.5. The standard InChI is InChI=1S/C22H32N2O2/c25-22(21(19-8-9-19)18-6-2-1-3-7-18)24-14-10-20(11-15-24)26-17-16-23-12-4-5-13-23/h1-3,6-7,19-21H,4-5,8-17H2. The Morgan fingerprint density at radius 3 is 2.35 bits per heavy atom. The summed E-state index contributed by atoms with van der Waals surface area (Å²) in [6.07, 6.45) is 7.37. The van der Waals surface area contributed by atoms with Gasteiger partial charge in [0.2, 0.25) is 5.91 Å². The van der Waals surface area contributed by atoms with E-state index in [0.29, 0.717) is 17.9 Å². The maximum absolute atomic E-state index is 13.2. The van der Waals surface area contributed by atoms with Crippen LogP contribution in [0.5, 0.6) is 0 Å². The fourth-order valence-corrected chi connectivity index (χ4v) is 4.50. The van der Waals surface area contributed by atoms with Crippen LogP contribution in [0.1, 0.15) is 50.0 Å². The monoisotopic (exact) mass is 356 g/mol. The van der Waals surface area contributed by atoms with Crippen molar-refractivity contribution < 1.29 is 9.53 Å². The lowest BCUT2D eigenvalue weighted by molar-refractivity contribution is -0.136. The van der Waals surface area contributed by atoms with Gasteiger partial charge in [0.25, 0.3) is 0 Å². The van der Waals surface area contributed by atoms with Crippen LogP contribution in [-0.4, -0.2) is 61.1 Å². The number of benzene rings is 1. The Bertz CT molecular complexity index is 573. The van der Waals surface area contributed by atoms with E-state index in [9.17, 15) is 4.79 Å².